The standard InChI is InChI=1S/C24H28N2O5/c1-15-14-16(10-11-18(15)30-4)22(27)20-21(17-8-6-7-9-19(17)31-5)26(13-12-25(2)3)24(29)23(20)28/h6-11,14,21,27H,12-13H2,1-5H3/b22-20+. The van der Waals surface area contributed by atoms with Crippen LogP contribution in [-0.2, 0) is 9.59 Å². The van der Waals surface area contributed by atoms with Gasteiger partial charge in [-0.15, -0.1) is 0 Å². The second-order valence-electron chi connectivity index (χ2n) is 7.72. The Labute approximate surface area is 182 Å². The summed E-state index contributed by atoms with van der Waals surface area (Å²) in [7, 11) is 6.90. The number of ketones is 1. The summed E-state index contributed by atoms with van der Waals surface area (Å²) in [5, 5.41) is 11.2. The van der Waals surface area contributed by atoms with Crippen LogP contribution in [0.25, 0.3) is 5.76 Å². The average Bonchev–Trinajstić information content (AvgIpc) is 3.01. The molecule has 0 radical (unpaired) electrons. The zero-order chi connectivity index (χ0) is 22.7. The van der Waals surface area contributed by atoms with Crippen molar-refractivity contribution in [1.82, 2.24) is 9.80 Å². The number of para-hydroxylation sites is 1. The van der Waals surface area contributed by atoms with Crippen LogP contribution in [0.2, 0.25) is 0 Å². The number of likely N-dealkylation sites (tertiary alicyclic amines) is 1. The van der Waals surface area contributed by atoms with E-state index in [1.807, 2.05) is 44.1 Å². The summed E-state index contributed by atoms with van der Waals surface area (Å²) in [6.45, 7) is 2.75. The Morgan fingerprint density at radius 1 is 1.06 bits per heavy atom. The van der Waals surface area contributed by atoms with Crippen molar-refractivity contribution in [1.29, 1.82) is 0 Å². The number of likely N-dealkylation sites (N-methyl/N-ethyl adjacent to an activating group) is 1. The van der Waals surface area contributed by atoms with Crippen LogP contribution in [0.15, 0.2) is 48.0 Å². The Kier molecular flexibility index (Phi) is 6.65. The third-order valence-corrected chi connectivity index (χ3v) is 5.43. The van der Waals surface area contributed by atoms with E-state index >= 15 is 0 Å². The highest BCUT2D eigenvalue weighted by Crippen LogP contribution is 2.42. The molecule has 1 atom stereocenters. The number of hydrogen-bond donors (Lipinski definition) is 1. The van der Waals surface area contributed by atoms with Gasteiger partial charge in [0.1, 0.15) is 17.3 Å². The zero-order valence-corrected chi connectivity index (χ0v) is 18.5. The Bertz CT molecular complexity index is 1030. The predicted molar refractivity (Wildman–Crippen MR) is 118 cm³/mol. The molecule has 1 unspecified atom stereocenters. The number of aliphatic hydroxyl groups is 1. The monoisotopic (exact) mass is 424 g/mol. The first-order valence-electron chi connectivity index (χ1n) is 10.0. The van der Waals surface area contributed by atoms with Gasteiger partial charge in [0, 0.05) is 24.2 Å². The molecule has 0 saturated carbocycles. The van der Waals surface area contributed by atoms with Gasteiger partial charge in [0.2, 0.25) is 0 Å². The number of aliphatic hydroxyl groups excluding tert-OH is 1. The van der Waals surface area contributed by atoms with E-state index in [9.17, 15) is 14.7 Å². The molecule has 0 spiro atoms. The largest absolute Gasteiger partial charge is 0.507 e. The molecule has 1 fully saturated rings. The maximum absolute atomic E-state index is 13.1. The summed E-state index contributed by atoms with van der Waals surface area (Å²) >= 11 is 0. The van der Waals surface area contributed by atoms with Crippen LogP contribution in [0, 0.1) is 6.92 Å². The molecule has 0 bridgehead atoms. The topological polar surface area (TPSA) is 79.3 Å². The van der Waals surface area contributed by atoms with Gasteiger partial charge >= 0.3 is 0 Å². The van der Waals surface area contributed by atoms with E-state index in [1.165, 1.54) is 12.0 Å². The van der Waals surface area contributed by atoms with Crippen LogP contribution in [-0.4, -0.2) is 68.0 Å². The van der Waals surface area contributed by atoms with E-state index in [0.29, 0.717) is 35.7 Å². The van der Waals surface area contributed by atoms with Crippen LogP contribution < -0.4 is 9.47 Å². The highest BCUT2D eigenvalue weighted by atomic mass is 16.5. The lowest BCUT2D eigenvalue weighted by Crippen LogP contribution is -2.35. The summed E-state index contributed by atoms with van der Waals surface area (Å²) in [5.41, 5.74) is 1.96. The normalized spacial score (nSPS) is 18.0. The molecular weight excluding hydrogens is 396 g/mol. The number of ether oxygens (including phenoxy) is 2. The molecular formula is C24H28N2O5. The highest BCUT2D eigenvalue weighted by molar-refractivity contribution is 6.46. The van der Waals surface area contributed by atoms with Gasteiger partial charge in [0.25, 0.3) is 11.7 Å². The number of carbonyl (C=O) groups is 2. The summed E-state index contributed by atoms with van der Waals surface area (Å²) in [6, 6.07) is 11.6. The maximum Gasteiger partial charge on any atom is 0.295 e. The van der Waals surface area contributed by atoms with E-state index in [-0.39, 0.29) is 11.3 Å². The lowest BCUT2D eigenvalue weighted by atomic mass is 9.94. The Hall–Kier alpha value is -3.32. The van der Waals surface area contributed by atoms with Gasteiger partial charge < -0.3 is 24.4 Å². The molecule has 31 heavy (non-hydrogen) atoms. The zero-order valence-electron chi connectivity index (χ0n) is 18.5. The second-order valence-corrected chi connectivity index (χ2v) is 7.72. The van der Waals surface area contributed by atoms with Crippen molar-refractivity contribution in [2.45, 2.75) is 13.0 Å². The molecule has 1 N–H and O–H groups in total. The van der Waals surface area contributed by atoms with Crippen molar-refractivity contribution in [3.8, 4) is 11.5 Å². The number of hydrogen-bond acceptors (Lipinski definition) is 6. The Morgan fingerprint density at radius 2 is 1.74 bits per heavy atom. The number of aryl methyl sites for hydroxylation is 1. The third-order valence-electron chi connectivity index (χ3n) is 5.43. The molecule has 164 valence electrons. The van der Waals surface area contributed by atoms with Crippen LogP contribution in [0.4, 0.5) is 0 Å². The molecule has 3 rings (SSSR count). The van der Waals surface area contributed by atoms with E-state index in [0.717, 1.165) is 5.56 Å². The predicted octanol–water partition coefficient (Wildman–Crippen LogP) is 3.00. The maximum atomic E-state index is 13.1. The summed E-state index contributed by atoms with van der Waals surface area (Å²) in [4.78, 5) is 29.5. The summed E-state index contributed by atoms with van der Waals surface area (Å²) < 4.78 is 10.8. The SMILES string of the molecule is COc1ccc(/C(O)=C2\C(=O)C(=O)N(CCN(C)C)C2c2ccccc2OC)cc1C. The molecule has 0 aromatic heterocycles. The first-order valence-corrected chi connectivity index (χ1v) is 10.0. The molecule has 2 aromatic carbocycles. The molecule has 1 amide bonds. The third kappa shape index (κ3) is 4.27. The van der Waals surface area contributed by atoms with Crippen LogP contribution >= 0.6 is 0 Å². The average molecular weight is 424 g/mol. The lowest BCUT2D eigenvalue weighted by Gasteiger charge is -2.27. The molecule has 7 heteroatoms. The van der Waals surface area contributed by atoms with Crippen molar-refractivity contribution in [3.63, 3.8) is 0 Å². The Balaban J connectivity index is 2.20. The second kappa shape index (κ2) is 9.22. The number of methoxy groups -OCH3 is 2. The smallest absolute Gasteiger partial charge is 0.295 e. The van der Waals surface area contributed by atoms with Crippen LogP contribution in [0.3, 0.4) is 0 Å². The van der Waals surface area contributed by atoms with E-state index in [4.69, 9.17) is 9.47 Å². The fourth-order valence-electron chi connectivity index (χ4n) is 3.82. The van der Waals surface area contributed by atoms with Crippen molar-refractivity contribution in [3.05, 3.63) is 64.7 Å². The molecule has 1 saturated heterocycles. The van der Waals surface area contributed by atoms with Crippen molar-refractivity contribution < 1.29 is 24.2 Å². The number of nitrogens with zero attached hydrogens (tertiary/aromatic N) is 2. The van der Waals surface area contributed by atoms with Gasteiger partial charge in [-0.05, 0) is 50.8 Å². The van der Waals surface area contributed by atoms with Gasteiger partial charge in [0.05, 0.1) is 25.8 Å². The minimum absolute atomic E-state index is 0.0535. The minimum atomic E-state index is -0.751. The molecule has 1 aliphatic rings. The van der Waals surface area contributed by atoms with Gasteiger partial charge in [-0.25, -0.2) is 0 Å². The van der Waals surface area contributed by atoms with Crippen molar-refractivity contribution in [2.75, 3.05) is 41.4 Å². The number of benzene rings is 2. The first-order chi connectivity index (χ1) is 14.8. The first kappa shape index (κ1) is 22.4. The number of rotatable bonds is 7. The van der Waals surface area contributed by atoms with E-state index < -0.39 is 17.7 Å². The summed E-state index contributed by atoms with van der Waals surface area (Å²) in [6.07, 6.45) is 0. The van der Waals surface area contributed by atoms with Crippen molar-refractivity contribution >= 4 is 17.4 Å². The van der Waals surface area contributed by atoms with Gasteiger partial charge in [-0.2, -0.15) is 0 Å². The van der Waals surface area contributed by atoms with E-state index in [1.54, 1.807) is 31.4 Å². The van der Waals surface area contributed by atoms with Crippen LogP contribution in [0.5, 0.6) is 11.5 Å². The molecule has 0 aliphatic carbocycles. The fourth-order valence-corrected chi connectivity index (χ4v) is 3.82. The fraction of sp³-hybridized carbons (Fsp3) is 0.333. The van der Waals surface area contributed by atoms with Crippen molar-refractivity contribution in [2.24, 2.45) is 0 Å². The van der Waals surface area contributed by atoms with E-state index in [2.05, 4.69) is 0 Å². The Morgan fingerprint density at radius 3 is 2.35 bits per heavy atom. The summed E-state index contributed by atoms with van der Waals surface area (Å²) in [5.74, 6) is -0.345. The quantitative estimate of drug-likeness (QED) is 0.418. The molecule has 1 aliphatic heterocycles. The van der Waals surface area contributed by atoms with Gasteiger partial charge in [-0.1, -0.05) is 18.2 Å². The van der Waals surface area contributed by atoms with Gasteiger partial charge in [-0.3, -0.25) is 9.59 Å². The number of amides is 1. The van der Waals surface area contributed by atoms with Gasteiger partial charge in [0.15, 0.2) is 0 Å². The lowest BCUT2D eigenvalue weighted by molar-refractivity contribution is -0.140. The molecule has 7 nitrogen and oxygen atoms in total. The molecule has 2 aromatic rings. The number of Topliss-reactive ketones (excluding diaryl/α,β-unsaturated/α-hetero) is 1. The van der Waals surface area contributed by atoms with Crippen LogP contribution in [0.1, 0.15) is 22.7 Å². The molecule has 1 heterocycles. The minimum Gasteiger partial charge on any atom is -0.507 e. The highest BCUT2D eigenvalue weighted by Gasteiger charge is 2.46. The number of carbonyl (C=O) groups excluding carboxylic acids is 2.